The van der Waals surface area contributed by atoms with Crippen LogP contribution >= 0.6 is 15.9 Å². The second-order valence-electron chi connectivity index (χ2n) is 4.30. The number of nitrogens with zero attached hydrogens (tertiary/aromatic N) is 1. The lowest BCUT2D eigenvalue weighted by Gasteiger charge is -2.14. The van der Waals surface area contributed by atoms with Crippen molar-refractivity contribution < 1.29 is 9.59 Å². The van der Waals surface area contributed by atoms with Crippen LogP contribution in [0.25, 0.3) is 0 Å². The van der Waals surface area contributed by atoms with Crippen LogP contribution in [0.3, 0.4) is 0 Å². The predicted octanol–water partition coefficient (Wildman–Crippen LogP) is 2.85. The van der Waals surface area contributed by atoms with Gasteiger partial charge in [0, 0.05) is 23.0 Å². The number of carbonyl (C=O) groups excluding carboxylic acids is 2. The molecule has 0 bridgehead atoms. The van der Waals surface area contributed by atoms with E-state index < -0.39 is 0 Å². The lowest BCUT2D eigenvalue weighted by atomic mass is 10.1. The van der Waals surface area contributed by atoms with Gasteiger partial charge in [-0.3, -0.25) is 14.5 Å². The Kier molecular flexibility index (Phi) is 3.62. The molecule has 1 heterocycles. The molecule has 1 atom stereocenters. The number of benzene rings is 1. The van der Waals surface area contributed by atoms with E-state index in [4.69, 9.17) is 0 Å². The fourth-order valence-electron chi connectivity index (χ4n) is 2.03. The Morgan fingerprint density at radius 2 is 2.29 bits per heavy atom. The predicted molar refractivity (Wildman–Crippen MR) is 68.6 cm³/mol. The Bertz CT molecular complexity index is 458. The van der Waals surface area contributed by atoms with E-state index in [1.54, 1.807) is 18.2 Å². The summed E-state index contributed by atoms with van der Waals surface area (Å²) in [6.45, 7) is 2.60. The van der Waals surface area contributed by atoms with Gasteiger partial charge in [-0.05, 0) is 24.1 Å². The number of carbonyl (C=O) groups is 2. The maximum absolute atomic E-state index is 12.2. The minimum Gasteiger partial charge on any atom is -0.278 e. The van der Waals surface area contributed by atoms with Gasteiger partial charge in [0.2, 0.25) is 5.91 Å². The van der Waals surface area contributed by atoms with Gasteiger partial charge in [-0.15, -0.1) is 0 Å². The fraction of sp³-hybridized carbons (Fsp3) is 0.385. The third kappa shape index (κ3) is 2.57. The highest BCUT2D eigenvalue weighted by Gasteiger charge is 2.33. The summed E-state index contributed by atoms with van der Waals surface area (Å²) in [6, 6.07) is 7.14. The first-order valence-corrected chi connectivity index (χ1v) is 6.51. The summed E-state index contributed by atoms with van der Waals surface area (Å²) in [6.07, 6.45) is 1.43. The van der Waals surface area contributed by atoms with Crippen molar-refractivity contribution in [3.05, 3.63) is 34.3 Å². The first kappa shape index (κ1) is 12.3. The second-order valence-corrected chi connectivity index (χ2v) is 5.21. The topological polar surface area (TPSA) is 37.4 Å². The maximum Gasteiger partial charge on any atom is 0.260 e. The zero-order valence-corrected chi connectivity index (χ0v) is 11.2. The van der Waals surface area contributed by atoms with E-state index in [2.05, 4.69) is 15.9 Å². The number of amides is 2. The summed E-state index contributed by atoms with van der Waals surface area (Å²) < 4.78 is 0.849. The third-order valence-corrected chi connectivity index (χ3v) is 3.59. The summed E-state index contributed by atoms with van der Waals surface area (Å²) in [7, 11) is 0. The van der Waals surface area contributed by atoms with Gasteiger partial charge in [0.25, 0.3) is 5.91 Å². The molecule has 3 nitrogen and oxygen atoms in total. The monoisotopic (exact) mass is 295 g/mol. The summed E-state index contributed by atoms with van der Waals surface area (Å²) in [5, 5.41) is 0. The van der Waals surface area contributed by atoms with Crippen LogP contribution in [0.5, 0.6) is 0 Å². The van der Waals surface area contributed by atoms with Crippen LogP contribution in [0.1, 0.15) is 30.1 Å². The van der Waals surface area contributed by atoms with Crippen LogP contribution in [0.4, 0.5) is 0 Å². The average molecular weight is 296 g/mol. The summed E-state index contributed by atoms with van der Waals surface area (Å²) in [5.41, 5.74) is 0.560. The maximum atomic E-state index is 12.2. The SMILES string of the molecule is CCC1CC(=O)N(C(=O)c2cccc(Br)c2)C1. The lowest BCUT2D eigenvalue weighted by Crippen LogP contribution is -2.32. The second kappa shape index (κ2) is 5.00. The lowest BCUT2D eigenvalue weighted by molar-refractivity contribution is -0.125. The normalized spacial score (nSPS) is 19.8. The molecule has 0 spiro atoms. The van der Waals surface area contributed by atoms with Crippen LogP contribution in [0.15, 0.2) is 28.7 Å². The summed E-state index contributed by atoms with van der Waals surface area (Å²) >= 11 is 3.32. The Morgan fingerprint density at radius 1 is 1.53 bits per heavy atom. The van der Waals surface area contributed by atoms with Gasteiger partial charge >= 0.3 is 0 Å². The van der Waals surface area contributed by atoms with E-state index in [1.165, 1.54) is 4.90 Å². The standard InChI is InChI=1S/C13H14BrNO2/c1-2-9-6-12(16)15(8-9)13(17)10-4-3-5-11(14)7-10/h3-5,7,9H,2,6,8H2,1H3. The highest BCUT2D eigenvalue weighted by molar-refractivity contribution is 9.10. The molecule has 0 aromatic heterocycles. The van der Waals surface area contributed by atoms with Crippen molar-refractivity contribution in [2.75, 3.05) is 6.54 Å². The molecular weight excluding hydrogens is 282 g/mol. The zero-order chi connectivity index (χ0) is 12.4. The fourth-order valence-corrected chi connectivity index (χ4v) is 2.43. The van der Waals surface area contributed by atoms with Gasteiger partial charge in [-0.1, -0.05) is 35.3 Å². The molecule has 1 aliphatic rings. The molecule has 1 fully saturated rings. The molecule has 4 heteroatoms. The highest BCUT2D eigenvalue weighted by Crippen LogP contribution is 2.23. The van der Waals surface area contributed by atoms with Crippen molar-refractivity contribution >= 4 is 27.7 Å². The van der Waals surface area contributed by atoms with Crippen molar-refractivity contribution in [3.63, 3.8) is 0 Å². The van der Waals surface area contributed by atoms with Crippen molar-refractivity contribution in [3.8, 4) is 0 Å². The molecule has 90 valence electrons. The van der Waals surface area contributed by atoms with E-state index in [0.29, 0.717) is 24.4 Å². The molecule has 1 aromatic carbocycles. The molecule has 17 heavy (non-hydrogen) atoms. The summed E-state index contributed by atoms with van der Waals surface area (Å²) in [4.78, 5) is 25.3. The third-order valence-electron chi connectivity index (χ3n) is 3.10. The Hall–Kier alpha value is -1.16. The number of rotatable bonds is 2. The largest absolute Gasteiger partial charge is 0.278 e. The van der Waals surface area contributed by atoms with Crippen LogP contribution in [-0.4, -0.2) is 23.3 Å². The minimum atomic E-state index is -0.188. The van der Waals surface area contributed by atoms with Crippen molar-refractivity contribution in [1.29, 1.82) is 0 Å². The van der Waals surface area contributed by atoms with Gasteiger partial charge in [0.1, 0.15) is 0 Å². The Labute approximate surface area is 109 Å². The van der Waals surface area contributed by atoms with Gasteiger partial charge in [-0.2, -0.15) is 0 Å². The van der Waals surface area contributed by atoms with E-state index in [0.717, 1.165) is 10.9 Å². The first-order chi connectivity index (χ1) is 8.11. The Morgan fingerprint density at radius 3 is 2.88 bits per heavy atom. The molecule has 0 radical (unpaired) electrons. The molecule has 0 saturated carbocycles. The molecule has 0 aliphatic carbocycles. The molecule has 0 N–H and O–H groups in total. The van der Waals surface area contributed by atoms with Crippen LogP contribution < -0.4 is 0 Å². The van der Waals surface area contributed by atoms with Gasteiger partial charge in [0.05, 0.1) is 0 Å². The smallest absolute Gasteiger partial charge is 0.260 e. The average Bonchev–Trinajstić information content (AvgIpc) is 2.69. The number of imide groups is 1. The zero-order valence-electron chi connectivity index (χ0n) is 9.65. The molecule has 2 amide bonds. The van der Waals surface area contributed by atoms with Crippen LogP contribution in [0.2, 0.25) is 0 Å². The van der Waals surface area contributed by atoms with E-state index in [1.807, 2.05) is 13.0 Å². The van der Waals surface area contributed by atoms with Gasteiger partial charge in [-0.25, -0.2) is 0 Å². The first-order valence-electron chi connectivity index (χ1n) is 5.72. The molecule has 1 aromatic rings. The highest BCUT2D eigenvalue weighted by atomic mass is 79.9. The van der Waals surface area contributed by atoms with E-state index in [9.17, 15) is 9.59 Å². The summed E-state index contributed by atoms with van der Waals surface area (Å²) in [5.74, 6) is 0.0766. The van der Waals surface area contributed by atoms with E-state index in [-0.39, 0.29) is 11.8 Å². The van der Waals surface area contributed by atoms with Gasteiger partial charge in [0.15, 0.2) is 0 Å². The number of hydrogen-bond acceptors (Lipinski definition) is 2. The van der Waals surface area contributed by atoms with Crippen LogP contribution in [0, 0.1) is 5.92 Å². The van der Waals surface area contributed by atoms with Crippen LogP contribution in [-0.2, 0) is 4.79 Å². The number of likely N-dealkylation sites (tertiary alicyclic amines) is 1. The molecule has 1 unspecified atom stereocenters. The minimum absolute atomic E-state index is 0.0539. The van der Waals surface area contributed by atoms with Crippen molar-refractivity contribution in [1.82, 2.24) is 4.90 Å². The molecular formula is C13H14BrNO2. The Balaban J connectivity index is 2.18. The van der Waals surface area contributed by atoms with Crippen molar-refractivity contribution in [2.24, 2.45) is 5.92 Å². The molecule has 2 rings (SSSR count). The van der Waals surface area contributed by atoms with Gasteiger partial charge < -0.3 is 0 Å². The quantitative estimate of drug-likeness (QED) is 0.787. The van der Waals surface area contributed by atoms with E-state index >= 15 is 0 Å². The number of halogens is 1. The molecule has 1 aliphatic heterocycles. The molecule has 1 saturated heterocycles. The number of hydrogen-bond donors (Lipinski definition) is 0. The van der Waals surface area contributed by atoms with Crippen molar-refractivity contribution in [2.45, 2.75) is 19.8 Å².